The van der Waals surface area contributed by atoms with Gasteiger partial charge in [0, 0.05) is 6.42 Å². The van der Waals surface area contributed by atoms with E-state index in [0.717, 1.165) is 6.92 Å². The highest BCUT2D eigenvalue weighted by atomic mass is 16.4. The summed E-state index contributed by atoms with van der Waals surface area (Å²) in [6.45, 7) is 4.45. The lowest BCUT2D eigenvalue weighted by molar-refractivity contribution is -0.143. The van der Waals surface area contributed by atoms with Crippen LogP contribution in [-0.2, 0) is 28.8 Å². The van der Waals surface area contributed by atoms with E-state index in [1.165, 1.54) is 0 Å². The largest absolute Gasteiger partial charge is 0.481 e. The summed E-state index contributed by atoms with van der Waals surface area (Å²) in [7, 11) is 0. The van der Waals surface area contributed by atoms with Crippen LogP contribution in [0.25, 0.3) is 0 Å². The van der Waals surface area contributed by atoms with Gasteiger partial charge in [0.15, 0.2) is 0 Å². The van der Waals surface area contributed by atoms with Crippen molar-refractivity contribution in [2.24, 2.45) is 11.7 Å². The van der Waals surface area contributed by atoms with Crippen LogP contribution in [0.3, 0.4) is 0 Å². The summed E-state index contributed by atoms with van der Waals surface area (Å²) in [5.41, 5.74) is 5.68. The number of hydrogen-bond donors (Lipinski definition) is 7. The molecule has 0 aliphatic heterocycles. The van der Waals surface area contributed by atoms with Crippen molar-refractivity contribution in [1.29, 1.82) is 0 Å². The molecule has 0 heterocycles. The number of amides is 3. The molecule has 8 N–H and O–H groups in total. The van der Waals surface area contributed by atoms with Gasteiger partial charge in [0.1, 0.15) is 18.1 Å². The Morgan fingerprint density at radius 2 is 1.27 bits per heavy atom. The first-order valence-corrected chi connectivity index (χ1v) is 9.09. The minimum absolute atomic E-state index is 0.301. The first-order valence-electron chi connectivity index (χ1n) is 9.09. The summed E-state index contributed by atoms with van der Waals surface area (Å²) in [4.78, 5) is 69.7. The molecular formula is C17H28N4O9. The molecule has 0 saturated carbocycles. The van der Waals surface area contributed by atoms with Crippen molar-refractivity contribution in [3.8, 4) is 0 Å². The van der Waals surface area contributed by atoms with E-state index in [0.29, 0.717) is 0 Å². The normalized spacial score (nSPS) is 14.7. The van der Waals surface area contributed by atoms with Crippen molar-refractivity contribution in [2.75, 3.05) is 0 Å². The van der Waals surface area contributed by atoms with Gasteiger partial charge in [0.05, 0.1) is 12.5 Å². The van der Waals surface area contributed by atoms with Crippen LogP contribution < -0.4 is 21.7 Å². The minimum Gasteiger partial charge on any atom is -0.481 e. The summed E-state index contributed by atoms with van der Waals surface area (Å²) in [5.74, 6) is -7.16. The third-order valence-electron chi connectivity index (χ3n) is 4.04. The number of nitrogens with two attached hydrogens (primary N) is 1. The van der Waals surface area contributed by atoms with Gasteiger partial charge in [-0.25, -0.2) is 0 Å². The molecule has 0 aliphatic rings. The number of carbonyl (C=O) groups is 6. The number of nitrogens with one attached hydrogen (secondary N) is 3. The summed E-state index contributed by atoms with van der Waals surface area (Å²) in [6, 6.07) is -5.39. The molecule has 0 aromatic rings. The van der Waals surface area contributed by atoms with E-state index in [1.54, 1.807) is 13.8 Å². The fourth-order valence-electron chi connectivity index (χ4n) is 2.14. The van der Waals surface area contributed by atoms with Crippen LogP contribution in [0.4, 0.5) is 0 Å². The van der Waals surface area contributed by atoms with Crippen LogP contribution in [0.5, 0.6) is 0 Å². The Morgan fingerprint density at radius 1 is 0.767 bits per heavy atom. The smallest absolute Gasteiger partial charge is 0.325 e. The van der Waals surface area contributed by atoms with Crippen LogP contribution >= 0.6 is 0 Å². The van der Waals surface area contributed by atoms with Crippen molar-refractivity contribution < 1.29 is 44.1 Å². The average Bonchev–Trinajstić information content (AvgIpc) is 2.62. The van der Waals surface area contributed by atoms with E-state index in [2.05, 4.69) is 16.0 Å². The van der Waals surface area contributed by atoms with Gasteiger partial charge in [0.2, 0.25) is 17.7 Å². The molecule has 0 fully saturated rings. The molecule has 0 radical (unpaired) electrons. The summed E-state index contributed by atoms with van der Waals surface area (Å²) < 4.78 is 0. The molecule has 0 spiro atoms. The Hall–Kier alpha value is -3.22. The molecule has 0 rings (SSSR count). The minimum atomic E-state index is -1.59. The fourth-order valence-corrected chi connectivity index (χ4v) is 2.14. The molecular weight excluding hydrogens is 404 g/mol. The summed E-state index contributed by atoms with van der Waals surface area (Å²) in [5, 5.41) is 33.2. The second-order valence-electron chi connectivity index (χ2n) is 6.99. The lowest BCUT2D eigenvalue weighted by Crippen LogP contribution is -2.57. The number of carboxylic acid groups (broad SMARTS) is 3. The second kappa shape index (κ2) is 12.4. The first-order chi connectivity index (χ1) is 13.8. The lowest BCUT2D eigenvalue weighted by Gasteiger charge is -2.24. The molecule has 3 amide bonds. The zero-order valence-corrected chi connectivity index (χ0v) is 16.9. The SMILES string of the molecule is CC(NC(=O)C(CCC(=O)O)NC(=O)C(CC(=O)O)NC(=O)C(N)C(C)C)C(=O)O. The van der Waals surface area contributed by atoms with E-state index in [-0.39, 0.29) is 5.92 Å². The van der Waals surface area contributed by atoms with Gasteiger partial charge < -0.3 is 37.0 Å². The monoisotopic (exact) mass is 432 g/mol. The second-order valence-corrected chi connectivity index (χ2v) is 6.99. The van der Waals surface area contributed by atoms with Gasteiger partial charge in [-0.05, 0) is 19.3 Å². The predicted octanol–water partition coefficient (Wildman–Crippen LogP) is -2.13. The highest BCUT2D eigenvalue weighted by Gasteiger charge is 2.31. The van der Waals surface area contributed by atoms with E-state index >= 15 is 0 Å². The van der Waals surface area contributed by atoms with Crippen molar-refractivity contribution in [2.45, 2.75) is 64.2 Å². The number of carbonyl (C=O) groups excluding carboxylic acids is 3. The Bertz CT molecular complexity index is 680. The number of aliphatic carboxylic acids is 3. The molecule has 13 nitrogen and oxygen atoms in total. The Balaban J connectivity index is 5.44. The third kappa shape index (κ3) is 9.82. The van der Waals surface area contributed by atoms with Gasteiger partial charge in [0.25, 0.3) is 0 Å². The summed E-state index contributed by atoms with van der Waals surface area (Å²) in [6.07, 6.45) is -1.74. The van der Waals surface area contributed by atoms with Crippen molar-refractivity contribution in [1.82, 2.24) is 16.0 Å². The van der Waals surface area contributed by atoms with Crippen molar-refractivity contribution >= 4 is 35.6 Å². The Kier molecular flexibility index (Phi) is 11.0. The quantitative estimate of drug-likeness (QED) is 0.167. The van der Waals surface area contributed by atoms with Crippen LogP contribution in [0, 0.1) is 5.92 Å². The van der Waals surface area contributed by atoms with Crippen molar-refractivity contribution in [3.05, 3.63) is 0 Å². The van der Waals surface area contributed by atoms with Crippen molar-refractivity contribution in [3.63, 3.8) is 0 Å². The fraction of sp³-hybridized carbons (Fsp3) is 0.647. The maximum absolute atomic E-state index is 12.5. The van der Waals surface area contributed by atoms with Gasteiger partial charge >= 0.3 is 17.9 Å². The number of rotatable bonds is 13. The molecule has 170 valence electrons. The van der Waals surface area contributed by atoms with Gasteiger partial charge in [-0.1, -0.05) is 13.8 Å². The highest BCUT2D eigenvalue weighted by Crippen LogP contribution is 2.04. The highest BCUT2D eigenvalue weighted by molar-refractivity contribution is 5.95. The van der Waals surface area contributed by atoms with Gasteiger partial charge in [-0.3, -0.25) is 28.8 Å². The van der Waals surface area contributed by atoms with Gasteiger partial charge in [-0.2, -0.15) is 0 Å². The molecule has 0 aliphatic carbocycles. The zero-order chi connectivity index (χ0) is 23.6. The molecule has 30 heavy (non-hydrogen) atoms. The lowest BCUT2D eigenvalue weighted by atomic mass is 10.0. The first kappa shape index (κ1) is 26.8. The average molecular weight is 432 g/mol. The van der Waals surface area contributed by atoms with E-state index in [9.17, 15) is 28.8 Å². The molecule has 0 aromatic carbocycles. The molecule has 4 atom stereocenters. The Morgan fingerprint density at radius 3 is 1.70 bits per heavy atom. The standard InChI is InChI=1S/C17H28N4O9/c1-7(2)13(18)16(28)21-10(6-12(24)25)15(27)20-9(4-5-11(22)23)14(26)19-8(3)17(29)30/h7-10,13H,4-6,18H2,1-3H3,(H,19,26)(H,20,27)(H,21,28)(H,22,23)(H,24,25)(H,29,30). The van der Waals surface area contributed by atoms with Crippen LogP contribution in [0.15, 0.2) is 0 Å². The molecule has 0 bridgehead atoms. The van der Waals surface area contributed by atoms with Crippen LogP contribution in [0.1, 0.15) is 40.0 Å². The zero-order valence-electron chi connectivity index (χ0n) is 16.9. The molecule has 0 aromatic heterocycles. The number of carboxylic acids is 3. The topological polar surface area (TPSA) is 225 Å². The maximum atomic E-state index is 12.5. The summed E-state index contributed by atoms with van der Waals surface area (Å²) >= 11 is 0. The maximum Gasteiger partial charge on any atom is 0.325 e. The third-order valence-corrected chi connectivity index (χ3v) is 4.04. The number of hydrogen-bond acceptors (Lipinski definition) is 7. The van der Waals surface area contributed by atoms with Gasteiger partial charge in [-0.15, -0.1) is 0 Å². The van der Waals surface area contributed by atoms with Crippen LogP contribution in [0.2, 0.25) is 0 Å². The Labute approximate surface area is 172 Å². The van der Waals surface area contributed by atoms with E-state index < -0.39 is 79.1 Å². The van der Waals surface area contributed by atoms with E-state index in [1.807, 2.05) is 0 Å². The molecule has 13 heteroatoms. The van der Waals surface area contributed by atoms with E-state index in [4.69, 9.17) is 21.1 Å². The predicted molar refractivity (Wildman–Crippen MR) is 101 cm³/mol. The molecule has 0 saturated heterocycles. The molecule has 4 unspecified atom stereocenters. The van der Waals surface area contributed by atoms with Crippen LogP contribution in [-0.4, -0.2) is 75.1 Å².